The van der Waals surface area contributed by atoms with Crippen molar-refractivity contribution in [2.75, 3.05) is 20.3 Å². The summed E-state index contributed by atoms with van der Waals surface area (Å²) in [6.45, 7) is 4.75. The molecule has 6 nitrogen and oxygen atoms in total. The third-order valence-corrected chi connectivity index (χ3v) is 5.68. The topological polar surface area (TPSA) is 67.9 Å². The largest absolute Gasteiger partial charge is 0.497 e. The monoisotopic (exact) mass is 480 g/mol. The van der Waals surface area contributed by atoms with Gasteiger partial charge in [-0.2, -0.15) is 0 Å². The maximum absolute atomic E-state index is 13.1. The highest BCUT2D eigenvalue weighted by Crippen LogP contribution is 2.27. The van der Waals surface area contributed by atoms with Gasteiger partial charge in [-0.25, -0.2) is 0 Å². The van der Waals surface area contributed by atoms with E-state index in [4.69, 9.17) is 32.7 Å². The molecular weight excluding hydrogens is 451 g/mol. The summed E-state index contributed by atoms with van der Waals surface area (Å²) >= 11 is 12.6. The fourth-order valence-electron chi connectivity index (χ4n) is 3.06. The first-order valence-corrected chi connectivity index (χ1v) is 11.4. The lowest BCUT2D eigenvalue weighted by atomic mass is 10.1. The molecule has 0 unspecified atom stereocenters. The maximum atomic E-state index is 13.1. The number of ether oxygens (including phenoxy) is 2. The Morgan fingerprint density at radius 1 is 1.06 bits per heavy atom. The Balaban J connectivity index is 2.02. The molecule has 8 heteroatoms. The molecule has 2 rings (SSSR count). The van der Waals surface area contributed by atoms with Crippen molar-refractivity contribution in [1.29, 1.82) is 0 Å². The molecule has 0 aliphatic rings. The van der Waals surface area contributed by atoms with Crippen LogP contribution in [0.2, 0.25) is 10.0 Å². The number of methoxy groups -OCH3 is 1. The standard InChI is InChI=1S/C24H30Cl2N2O4/c1-4-14-27-24(30)17(2)28(16-20-21(25)7-5-8-22(20)26)23(29)9-6-15-32-19-12-10-18(31-3)11-13-19/h5,7-8,10-13,17H,4,6,9,14-16H2,1-3H3,(H,27,30)/t17-/m0/s1. The van der Waals surface area contributed by atoms with Crippen LogP contribution in [-0.4, -0.2) is 43.0 Å². The van der Waals surface area contributed by atoms with Gasteiger partial charge >= 0.3 is 0 Å². The molecule has 0 aliphatic heterocycles. The molecule has 1 N–H and O–H groups in total. The number of hydrogen-bond acceptors (Lipinski definition) is 4. The van der Waals surface area contributed by atoms with Crippen LogP contribution in [0.5, 0.6) is 11.5 Å². The van der Waals surface area contributed by atoms with E-state index in [1.807, 2.05) is 31.2 Å². The van der Waals surface area contributed by atoms with Crippen LogP contribution in [-0.2, 0) is 16.1 Å². The number of carbonyl (C=O) groups is 2. The number of hydrogen-bond donors (Lipinski definition) is 1. The normalized spacial score (nSPS) is 11.5. The number of halogens is 2. The van der Waals surface area contributed by atoms with Crippen LogP contribution >= 0.6 is 23.2 Å². The molecule has 2 amide bonds. The highest BCUT2D eigenvalue weighted by Gasteiger charge is 2.27. The van der Waals surface area contributed by atoms with E-state index >= 15 is 0 Å². The van der Waals surface area contributed by atoms with Crippen molar-refractivity contribution in [3.05, 3.63) is 58.1 Å². The number of carbonyl (C=O) groups excluding carboxylic acids is 2. The zero-order valence-electron chi connectivity index (χ0n) is 18.7. The molecule has 2 aromatic rings. The number of amides is 2. The molecule has 0 aromatic heterocycles. The minimum atomic E-state index is -0.663. The number of nitrogens with zero attached hydrogens (tertiary/aromatic N) is 1. The summed E-state index contributed by atoms with van der Waals surface area (Å²) in [5.41, 5.74) is 0.619. The zero-order chi connectivity index (χ0) is 23.5. The van der Waals surface area contributed by atoms with Gasteiger partial charge in [-0.15, -0.1) is 0 Å². The van der Waals surface area contributed by atoms with Crippen LogP contribution in [0, 0.1) is 0 Å². The minimum Gasteiger partial charge on any atom is -0.497 e. The van der Waals surface area contributed by atoms with Crippen LogP contribution in [0.25, 0.3) is 0 Å². The van der Waals surface area contributed by atoms with Crippen molar-refractivity contribution in [2.24, 2.45) is 0 Å². The highest BCUT2D eigenvalue weighted by atomic mass is 35.5. The lowest BCUT2D eigenvalue weighted by Crippen LogP contribution is -2.47. The first kappa shape index (κ1) is 25.8. The molecule has 0 bridgehead atoms. The van der Waals surface area contributed by atoms with Gasteiger partial charge in [0, 0.05) is 35.1 Å². The molecule has 1 atom stereocenters. The average Bonchev–Trinajstić information content (AvgIpc) is 2.80. The Morgan fingerprint density at radius 3 is 2.28 bits per heavy atom. The lowest BCUT2D eigenvalue weighted by molar-refractivity contribution is -0.140. The summed E-state index contributed by atoms with van der Waals surface area (Å²) in [5, 5.41) is 3.76. The quantitative estimate of drug-likeness (QED) is 0.428. The van der Waals surface area contributed by atoms with Gasteiger partial charge in [0.05, 0.1) is 13.7 Å². The van der Waals surface area contributed by atoms with E-state index in [0.717, 1.165) is 12.2 Å². The van der Waals surface area contributed by atoms with E-state index in [1.54, 1.807) is 32.2 Å². The molecule has 0 fully saturated rings. The fraction of sp³-hybridized carbons (Fsp3) is 0.417. The minimum absolute atomic E-state index is 0.150. The Morgan fingerprint density at radius 2 is 1.69 bits per heavy atom. The van der Waals surface area contributed by atoms with Gasteiger partial charge in [0.2, 0.25) is 11.8 Å². The van der Waals surface area contributed by atoms with Crippen molar-refractivity contribution in [1.82, 2.24) is 10.2 Å². The molecule has 0 radical (unpaired) electrons. The van der Waals surface area contributed by atoms with Gasteiger partial charge in [0.25, 0.3) is 0 Å². The van der Waals surface area contributed by atoms with E-state index in [1.165, 1.54) is 4.90 Å². The molecule has 0 saturated heterocycles. The van der Waals surface area contributed by atoms with Crippen LogP contribution in [0.4, 0.5) is 0 Å². The van der Waals surface area contributed by atoms with Gasteiger partial charge < -0.3 is 19.7 Å². The molecule has 0 aliphatic carbocycles. The summed E-state index contributed by atoms with van der Waals surface area (Å²) in [6.07, 6.45) is 1.54. The van der Waals surface area contributed by atoms with Crippen molar-refractivity contribution < 1.29 is 19.1 Å². The maximum Gasteiger partial charge on any atom is 0.242 e. The molecule has 174 valence electrons. The predicted octanol–water partition coefficient (Wildman–Crippen LogP) is 5.10. The van der Waals surface area contributed by atoms with E-state index in [2.05, 4.69) is 5.32 Å². The van der Waals surface area contributed by atoms with Crippen molar-refractivity contribution in [2.45, 2.75) is 45.7 Å². The zero-order valence-corrected chi connectivity index (χ0v) is 20.2. The number of rotatable bonds is 12. The summed E-state index contributed by atoms with van der Waals surface area (Å²) in [6, 6.07) is 11.8. The SMILES string of the molecule is CCCNC(=O)[C@H](C)N(Cc1c(Cl)cccc1Cl)C(=O)CCCOc1ccc(OC)cc1. The van der Waals surface area contributed by atoms with Crippen molar-refractivity contribution >= 4 is 35.0 Å². The Kier molecular flexibility index (Phi) is 10.6. The number of nitrogens with one attached hydrogen (secondary N) is 1. The van der Waals surface area contributed by atoms with Crippen LogP contribution in [0.1, 0.15) is 38.7 Å². The third kappa shape index (κ3) is 7.61. The van der Waals surface area contributed by atoms with E-state index in [9.17, 15) is 9.59 Å². The second-order valence-electron chi connectivity index (χ2n) is 7.32. The summed E-state index contributed by atoms with van der Waals surface area (Å²) in [5.74, 6) is 1.07. The Labute approximate surface area is 199 Å². The molecule has 0 heterocycles. The van der Waals surface area contributed by atoms with Crippen molar-refractivity contribution in [3.63, 3.8) is 0 Å². The second-order valence-corrected chi connectivity index (χ2v) is 8.13. The van der Waals surface area contributed by atoms with E-state index in [-0.39, 0.29) is 24.8 Å². The van der Waals surface area contributed by atoms with Gasteiger partial charge in [-0.05, 0) is 56.2 Å². The first-order chi connectivity index (χ1) is 15.4. The summed E-state index contributed by atoms with van der Waals surface area (Å²) in [4.78, 5) is 27.2. The van der Waals surface area contributed by atoms with Gasteiger partial charge in [-0.3, -0.25) is 9.59 Å². The van der Waals surface area contributed by atoms with E-state index in [0.29, 0.717) is 40.9 Å². The molecule has 32 heavy (non-hydrogen) atoms. The van der Waals surface area contributed by atoms with Gasteiger partial charge in [0.15, 0.2) is 0 Å². The third-order valence-electron chi connectivity index (χ3n) is 4.97. The molecule has 2 aromatic carbocycles. The van der Waals surface area contributed by atoms with Gasteiger partial charge in [-0.1, -0.05) is 36.2 Å². The number of benzene rings is 2. The molecule has 0 spiro atoms. The Hall–Kier alpha value is -2.44. The Bertz CT molecular complexity index is 870. The predicted molar refractivity (Wildman–Crippen MR) is 127 cm³/mol. The van der Waals surface area contributed by atoms with Crippen LogP contribution in [0.15, 0.2) is 42.5 Å². The highest BCUT2D eigenvalue weighted by molar-refractivity contribution is 6.36. The summed E-state index contributed by atoms with van der Waals surface area (Å²) in [7, 11) is 1.60. The molecule has 0 saturated carbocycles. The first-order valence-electron chi connectivity index (χ1n) is 10.6. The molecular formula is C24H30Cl2N2O4. The van der Waals surface area contributed by atoms with Crippen LogP contribution in [0.3, 0.4) is 0 Å². The lowest BCUT2D eigenvalue weighted by Gasteiger charge is -2.29. The summed E-state index contributed by atoms with van der Waals surface area (Å²) < 4.78 is 10.8. The van der Waals surface area contributed by atoms with Crippen molar-refractivity contribution in [3.8, 4) is 11.5 Å². The average molecular weight is 481 g/mol. The second kappa shape index (κ2) is 13.2. The van der Waals surface area contributed by atoms with E-state index < -0.39 is 6.04 Å². The van der Waals surface area contributed by atoms with Crippen LogP contribution < -0.4 is 14.8 Å². The smallest absolute Gasteiger partial charge is 0.242 e. The fourth-order valence-corrected chi connectivity index (χ4v) is 3.58. The van der Waals surface area contributed by atoms with Gasteiger partial charge in [0.1, 0.15) is 17.5 Å².